The van der Waals surface area contributed by atoms with Gasteiger partial charge >= 0.3 is 12.0 Å². The van der Waals surface area contributed by atoms with Crippen molar-refractivity contribution < 1.29 is 14.7 Å². The number of benzene rings is 1. The number of nitrogens with zero attached hydrogens (tertiary/aromatic N) is 1. The molecule has 1 unspecified atom stereocenters. The lowest BCUT2D eigenvalue weighted by atomic mass is 10.1. The molecule has 0 saturated carbocycles. The Bertz CT molecular complexity index is 480. The van der Waals surface area contributed by atoms with E-state index in [0.717, 1.165) is 16.8 Å². The summed E-state index contributed by atoms with van der Waals surface area (Å²) >= 11 is 0. The number of carboxylic acid groups (broad SMARTS) is 1. The molecule has 0 fully saturated rings. The van der Waals surface area contributed by atoms with E-state index in [4.69, 9.17) is 5.11 Å². The predicted molar refractivity (Wildman–Crippen MR) is 79.0 cm³/mol. The smallest absolute Gasteiger partial charge is 0.322 e. The number of rotatable bonds is 5. The third kappa shape index (κ3) is 4.57. The van der Waals surface area contributed by atoms with Gasteiger partial charge in [-0.2, -0.15) is 0 Å². The Labute approximate surface area is 119 Å². The van der Waals surface area contributed by atoms with Gasteiger partial charge < -0.3 is 15.3 Å². The molecule has 1 rings (SSSR count). The number of aliphatic carboxylic acids is 1. The third-order valence-electron chi connectivity index (χ3n) is 3.08. The number of urea groups is 1. The van der Waals surface area contributed by atoms with Gasteiger partial charge in [0.05, 0.1) is 6.42 Å². The number of carbonyl (C=O) groups excluding carboxylic acids is 1. The number of hydrogen-bond acceptors (Lipinski definition) is 2. The van der Waals surface area contributed by atoms with Crippen molar-refractivity contribution in [1.82, 2.24) is 4.90 Å². The molecule has 2 amide bonds. The van der Waals surface area contributed by atoms with Crippen LogP contribution in [0.4, 0.5) is 10.5 Å². The molecule has 0 radical (unpaired) electrons. The number of nitrogens with one attached hydrogen (secondary N) is 1. The van der Waals surface area contributed by atoms with Crippen molar-refractivity contribution in [2.75, 3.05) is 11.9 Å². The normalized spacial score (nSPS) is 11.8. The second-order valence-electron chi connectivity index (χ2n) is 5.04. The maximum absolute atomic E-state index is 12.2. The van der Waals surface area contributed by atoms with E-state index in [9.17, 15) is 9.59 Å². The van der Waals surface area contributed by atoms with Crippen LogP contribution in [0.15, 0.2) is 18.2 Å². The van der Waals surface area contributed by atoms with Crippen LogP contribution in [0.1, 0.15) is 31.4 Å². The second-order valence-corrected chi connectivity index (χ2v) is 5.04. The molecule has 5 nitrogen and oxygen atoms in total. The lowest BCUT2D eigenvalue weighted by Gasteiger charge is -2.27. The molecule has 1 atom stereocenters. The Morgan fingerprint density at radius 1 is 1.25 bits per heavy atom. The standard InChI is InChI=1S/C15H22N2O3/c1-5-17(12(4)9-14(18)19)15(20)16-13-7-10(2)6-11(3)8-13/h6-8,12H,5,9H2,1-4H3,(H,16,20)(H,18,19). The SMILES string of the molecule is CCN(C(=O)Nc1cc(C)cc(C)c1)C(C)CC(=O)O. The van der Waals surface area contributed by atoms with Gasteiger partial charge in [0.15, 0.2) is 0 Å². The molecule has 1 aromatic rings. The molecule has 1 aromatic carbocycles. The van der Waals surface area contributed by atoms with E-state index in [1.54, 1.807) is 6.92 Å². The summed E-state index contributed by atoms with van der Waals surface area (Å²) in [7, 11) is 0. The fourth-order valence-electron chi connectivity index (χ4n) is 2.26. The first-order chi connectivity index (χ1) is 9.33. The highest BCUT2D eigenvalue weighted by Gasteiger charge is 2.20. The molecule has 5 heteroatoms. The Balaban J connectivity index is 2.79. The third-order valence-corrected chi connectivity index (χ3v) is 3.08. The molecular formula is C15H22N2O3. The highest BCUT2D eigenvalue weighted by atomic mass is 16.4. The Kier molecular flexibility index (Phi) is 5.55. The van der Waals surface area contributed by atoms with Gasteiger partial charge in [0.2, 0.25) is 0 Å². The Hall–Kier alpha value is -2.04. The summed E-state index contributed by atoms with van der Waals surface area (Å²) < 4.78 is 0. The molecule has 0 aromatic heterocycles. The summed E-state index contributed by atoms with van der Waals surface area (Å²) in [6, 6.07) is 5.19. The van der Waals surface area contributed by atoms with E-state index in [1.807, 2.05) is 39.0 Å². The summed E-state index contributed by atoms with van der Waals surface area (Å²) in [6.07, 6.45) is -0.0614. The van der Waals surface area contributed by atoms with Crippen molar-refractivity contribution >= 4 is 17.7 Å². The molecule has 20 heavy (non-hydrogen) atoms. The predicted octanol–water partition coefficient (Wildman–Crippen LogP) is 3.02. The van der Waals surface area contributed by atoms with E-state index in [-0.39, 0.29) is 18.5 Å². The average Bonchev–Trinajstić information content (AvgIpc) is 2.26. The fourth-order valence-corrected chi connectivity index (χ4v) is 2.26. The van der Waals surface area contributed by atoms with E-state index >= 15 is 0 Å². The lowest BCUT2D eigenvalue weighted by Crippen LogP contribution is -2.42. The number of amides is 2. The zero-order chi connectivity index (χ0) is 15.3. The Morgan fingerprint density at radius 3 is 2.25 bits per heavy atom. The van der Waals surface area contributed by atoms with E-state index in [2.05, 4.69) is 5.32 Å². The Morgan fingerprint density at radius 2 is 1.80 bits per heavy atom. The van der Waals surface area contributed by atoms with E-state index in [1.165, 1.54) is 4.90 Å². The number of aryl methyl sites for hydroxylation is 2. The molecule has 110 valence electrons. The van der Waals surface area contributed by atoms with Crippen molar-refractivity contribution in [2.24, 2.45) is 0 Å². The van der Waals surface area contributed by atoms with Crippen molar-refractivity contribution in [3.05, 3.63) is 29.3 Å². The molecule has 0 heterocycles. The maximum Gasteiger partial charge on any atom is 0.322 e. The molecule has 0 aliphatic rings. The summed E-state index contributed by atoms with van der Waals surface area (Å²) in [5.74, 6) is -0.907. The highest BCUT2D eigenvalue weighted by molar-refractivity contribution is 5.90. The first kappa shape index (κ1) is 16.0. The van der Waals surface area contributed by atoms with Crippen LogP contribution in [0.5, 0.6) is 0 Å². The minimum atomic E-state index is -0.907. The van der Waals surface area contributed by atoms with Gasteiger partial charge in [-0.1, -0.05) is 6.07 Å². The van der Waals surface area contributed by atoms with Crippen molar-refractivity contribution in [3.63, 3.8) is 0 Å². The molecule has 0 aliphatic heterocycles. The number of anilines is 1. The summed E-state index contributed by atoms with van der Waals surface area (Å²) in [5, 5.41) is 11.6. The zero-order valence-corrected chi connectivity index (χ0v) is 12.4. The quantitative estimate of drug-likeness (QED) is 0.869. The van der Waals surface area contributed by atoms with E-state index < -0.39 is 5.97 Å². The van der Waals surface area contributed by atoms with Crippen LogP contribution < -0.4 is 5.32 Å². The van der Waals surface area contributed by atoms with Gasteiger partial charge in [0.25, 0.3) is 0 Å². The van der Waals surface area contributed by atoms with Gasteiger partial charge in [0.1, 0.15) is 0 Å². The van der Waals surface area contributed by atoms with Crippen LogP contribution in [0.3, 0.4) is 0 Å². The first-order valence-corrected chi connectivity index (χ1v) is 6.71. The van der Waals surface area contributed by atoms with Crippen molar-refractivity contribution in [3.8, 4) is 0 Å². The molecule has 2 N–H and O–H groups in total. The minimum absolute atomic E-state index is 0.0614. The van der Waals surface area contributed by atoms with Gasteiger partial charge in [-0.15, -0.1) is 0 Å². The number of carbonyl (C=O) groups is 2. The average molecular weight is 278 g/mol. The van der Waals surface area contributed by atoms with E-state index in [0.29, 0.717) is 6.54 Å². The topological polar surface area (TPSA) is 69.6 Å². The van der Waals surface area contributed by atoms with Gasteiger partial charge in [-0.25, -0.2) is 4.79 Å². The molecular weight excluding hydrogens is 256 g/mol. The first-order valence-electron chi connectivity index (χ1n) is 6.71. The number of carboxylic acids is 1. The van der Waals surface area contributed by atoms with Crippen LogP contribution in [-0.2, 0) is 4.79 Å². The van der Waals surface area contributed by atoms with Crippen LogP contribution in [0.2, 0.25) is 0 Å². The fraction of sp³-hybridized carbons (Fsp3) is 0.467. The van der Waals surface area contributed by atoms with Gasteiger partial charge in [-0.3, -0.25) is 4.79 Å². The zero-order valence-electron chi connectivity index (χ0n) is 12.4. The van der Waals surface area contributed by atoms with Crippen LogP contribution >= 0.6 is 0 Å². The minimum Gasteiger partial charge on any atom is -0.481 e. The number of hydrogen-bond donors (Lipinski definition) is 2. The monoisotopic (exact) mass is 278 g/mol. The summed E-state index contributed by atoms with van der Waals surface area (Å²) in [4.78, 5) is 24.5. The molecule has 0 saturated heterocycles. The molecule has 0 bridgehead atoms. The highest BCUT2D eigenvalue weighted by Crippen LogP contribution is 2.15. The van der Waals surface area contributed by atoms with Crippen LogP contribution in [0.25, 0.3) is 0 Å². The largest absolute Gasteiger partial charge is 0.481 e. The maximum atomic E-state index is 12.2. The van der Waals surface area contributed by atoms with Crippen molar-refractivity contribution in [1.29, 1.82) is 0 Å². The van der Waals surface area contributed by atoms with Crippen molar-refractivity contribution in [2.45, 2.75) is 40.2 Å². The van der Waals surface area contributed by atoms with Crippen LogP contribution in [0, 0.1) is 13.8 Å². The summed E-state index contributed by atoms with van der Waals surface area (Å²) in [5.41, 5.74) is 2.87. The molecule has 0 spiro atoms. The summed E-state index contributed by atoms with van der Waals surface area (Å²) in [6.45, 7) is 7.96. The lowest BCUT2D eigenvalue weighted by molar-refractivity contribution is -0.137. The van der Waals surface area contributed by atoms with Crippen LogP contribution in [-0.4, -0.2) is 34.6 Å². The van der Waals surface area contributed by atoms with Gasteiger partial charge in [-0.05, 0) is 51.0 Å². The van der Waals surface area contributed by atoms with Gasteiger partial charge in [0, 0.05) is 18.3 Å². The second kappa shape index (κ2) is 6.93. The molecule has 0 aliphatic carbocycles.